The zero-order chi connectivity index (χ0) is 7.49. The monoisotopic (exact) mass is 147 g/mol. The molecule has 0 spiro atoms. The van der Waals surface area contributed by atoms with Crippen molar-refractivity contribution in [2.45, 2.75) is 26.3 Å². The second kappa shape index (κ2) is 3.11. The molecule has 0 unspecified atom stereocenters. The molecule has 9 heavy (non-hydrogen) atoms. The summed E-state index contributed by atoms with van der Waals surface area (Å²) in [5.74, 6) is 0.239. The summed E-state index contributed by atoms with van der Waals surface area (Å²) in [6, 6.07) is 0. The van der Waals surface area contributed by atoms with Gasteiger partial charge in [-0.25, -0.2) is 0 Å². The van der Waals surface area contributed by atoms with Gasteiger partial charge in [-0.1, -0.05) is 0 Å². The van der Waals surface area contributed by atoms with E-state index in [-0.39, 0.29) is 17.2 Å². The van der Waals surface area contributed by atoms with Crippen LogP contribution in [0.4, 0.5) is 0 Å². The maximum atomic E-state index is 10.6. The Labute approximate surface area is 61.4 Å². The standard InChI is InChI=1S/C6H13NOS/c1-6(2,3)7-5(8)4-9/h9H,4H2,1-3H3,(H,7,8). The summed E-state index contributed by atoms with van der Waals surface area (Å²) in [5.41, 5.74) is -0.125. The molecule has 0 aromatic carbocycles. The summed E-state index contributed by atoms with van der Waals surface area (Å²) >= 11 is 3.82. The Bertz CT molecular complexity index is 106. The molecular weight excluding hydrogens is 134 g/mol. The number of rotatable bonds is 1. The quantitative estimate of drug-likeness (QED) is 0.528. The number of hydrogen-bond acceptors (Lipinski definition) is 2. The molecule has 0 heterocycles. The Hall–Kier alpha value is -0.180. The third-order valence-corrected chi connectivity index (χ3v) is 0.945. The fourth-order valence-electron chi connectivity index (χ4n) is 0.458. The Balaban J connectivity index is 3.60. The van der Waals surface area contributed by atoms with Gasteiger partial charge in [0.25, 0.3) is 0 Å². The lowest BCUT2D eigenvalue weighted by Gasteiger charge is -2.19. The number of thiol groups is 1. The van der Waals surface area contributed by atoms with Crippen molar-refractivity contribution in [1.82, 2.24) is 5.32 Å². The summed E-state index contributed by atoms with van der Waals surface area (Å²) < 4.78 is 0. The fourth-order valence-corrected chi connectivity index (χ4v) is 0.537. The van der Waals surface area contributed by atoms with Gasteiger partial charge in [0.1, 0.15) is 0 Å². The molecule has 0 aliphatic carbocycles. The predicted molar refractivity (Wildman–Crippen MR) is 41.7 cm³/mol. The van der Waals surface area contributed by atoms with Gasteiger partial charge in [-0.2, -0.15) is 12.6 Å². The van der Waals surface area contributed by atoms with E-state index in [0.717, 1.165) is 0 Å². The Morgan fingerprint density at radius 1 is 1.56 bits per heavy atom. The third kappa shape index (κ3) is 5.69. The van der Waals surface area contributed by atoms with Crippen LogP contribution < -0.4 is 5.32 Å². The van der Waals surface area contributed by atoms with Crippen molar-refractivity contribution in [3.63, 3.8) is 0 Å². The second-order valence-electron chi connectivity index (χ2n) is 2.96. The summed E-state index contributed by atoms with van der Waals surface area (Å²) in [4.78, 5) is 10.6. The van der Waals surface area contributed by atoms with Crippen LogP contribution in [0.5, 0.6) is 0 Å². The van der Waals surface area contributed by atoms with Crippen LogP contribution in [0.3, 0.4) is 0 Å². The maximum Gasteiger partial charge on any atom is 0.230 e. The molecule has 0 aromatic rings. The molecule has 0 radical (unpaired) electrons. The van der Waals surface area contributed by atoms with Crippen molar-refractivity contribution in [2.24, 2.45) is 0 Å². The molecule has 1 N–H and O–H groups in total. The Morgan fingerprint density at radius 3 is 2.11 bits per heavy atom. The minimum absolute atomic E-state index is 0.0224. The smallest absolute Gasteiger partial charge is 0.230 e. The lowest BCUT2D eigenvalue weighted by atomic mass is 10.1. The SMILES string of the molecule is CC(C)(C)NC(=O)CS. The molecule has 2 nitrogen and oxygen atoms in total. The molecule has 0 fully saturated rings. The maximum absolute atomic E-state index is 10.6. The molecule has 54 valence electrons. The minimum Gasteiger partial charge on any atom is -0.351 e. The van der Waals surface area contributed by atoms with E-state index in [0.29, 0.717) is 0 Å². The first-order valence-electron chi connectivity index (χ1n) is 2.87. The molecule has 0 aromatic heterocycles. The number of nitrogens with one attached hydrogen (secondary N) is 1. The van der Waals surface area contributed by atoms with Gasteiger partial charge in [0.15, 0.2) is 0 Å². The predicted octanol–water partition coefficient (Wildman–Crippen LogP) is 0.831. The van der Waals surface area contributed by atoms with E-state index in [2.05, 4.69) is 17.9 Å². The first-order valence-corrected chi connectivity index (χ1v) is 3.51. The number of carbonyl (C=O) groups is 1. The Morgan fingerprint density at radius 2 is 2.00 bits per heavy atom. The van der Waals surface area contributed by atoms with Crippen LogP contribution in [0.25, 0.3) is 0 Å². The van der Waals surface area contributed by atoms with E-state index >= 15 is 0 Å². The van der Waals surface area contributed by atoms with Gasteiger partial charge in [0.2, 0.25) is 5.91 Å². The molecule has 0 atom stereocenters. The molecule has 0 bridgehead atoms. The van der Waals surface area contributed by atoms with E-state index in [1.807, 2.05) is 20.8 Å². The van der Waals surface area contributed by atoms with E-state index in [4.69, 9.17) is 0 Å². The summed E-state index contributed by atoms with van der Waals surface area (Å²) in [5, 5.41) is 2.75. The number of carbonyl (C=O) groups excluding carboxylic acids is 1. The van der Waals surface area contributed by atoms with Crippen LogP contribution in [-0.2, 0) is 4.79 Å². The molecule has 0 aliphatic heterocycles. The van der Waals surface area contributed by atoms with Gasteiger partial charge in [0, 0.05) is 5.54 Å². The van der Waals surface area contributed by atoms with E-state index < -0.39 is 0 Å². The molecule has 0 aliphatic rings. The van der Waals surface area contributed by atoms with Crippen molar-refractivity contribution in [3.8, 4) is 0 Å². The van der Waals surface area contributed by atoms with Crippen molar-refractivity contribution in [1.29, 1.82) is 0 Å². The normalized spacial score (nSPS) is 11.1. The van der Waals surface area contributed by atoms with E-state index in [1.165, 1.54) is 0 Å². The van der Waals surface area contributed by atoms with Crippen LogP contribution in [0.15, 0.2) is 0 Å². The highest BCUT2D eigenvalue weighted by Crippen LogP contribution is 1.97. The van der Waals surface area contributed by atoms with Crippen LogP contribution in [0.2, 0.25) is 0 Å². The topological polar surface area (TPSA) is 29.1 Å². The molecule has 0 saturated carbocycles. The average molecular weight is 147 g/mol. The highest BCUT2D eigenvalue weighted by Gasteiger charge is 2.11. The van der Waals surface area contributed by atoms with Gasteiger partial charge in [0.05, 0.1) is 5.75 Å². The molecule has 3 heteroatoms. The van der Waals surface area contributed by atoms with Gasteiger partial charge in [-0.15, -0.1) is 0 Å². The number of hydrogen-bond donors (Lipinski definition) is 2. The summed E-state index contributed by atoms with van der Waals surface area (Å²) in [6.45, 7) is 5.82. The zero-order valence-electron chi connectivity index (χ0n) is 6.06. The van der Waals surface area contributed by atoms with Crippen LogP contribution >= 0.6 is 12.6 Å². The largest absolute Gasteiger partial charge is 0.351 e. The van der Waals surface area contributed by atoms with E-state index in [1.54, 1.807) is 0 Å². The zero-order valence-corrected chi connectivity index (χ0v) is 6.96. The van der Waals surface area contributed by atoms with E-state index in [9.17, 15) is 4.79 Å². The molecule has 0 rings (SSSR count). The lowest BCUT2D eigenvalue weighted by Crippen LogP contribution is -2.41. The first-order chi connectivity index (χ1) is 3.95. The highest BCUT2D eigenvalue weighted by atomic mass is 32.1. The molecule has 1 amide bonds. The first kappa shape index (κ1) is 8.82. The number of amides is 1. The Kier molecular flexibility index (Phi) is 3.04. The van der Waals surface area contributed by atoms with Crippen LogP contribution in [0.1, 0.15) is 20.8 Å². The summed E-state index contributed by atoms with van der Waals surface area (Å²) in [6.07, 6.45) is 0. The summed E-state index contributed by atoms with van der Waals surface area (Å²) in [7, 11) is 0. The second-order valence-corrected chi connectivity index (χ2v) is 3.27. The van der Waals surface area contributed by atoms with Gasteiger partial charge in [-0.3, -0.25) is 4.79 Å². The van der Waals surface area contributed by atoms with Gasteiger partial charge in [-0.05, 0) is 20.8 Å². The van der Waals surface area contributed by atoms with Gasteiger partial charge >= 0.3 is 0 Å². The van der Waals surface area contributed by atoms with Crippen molar-refractivity contribution >= 4 is 18.5 Å². The van der Waals surface area contributed by atoms with Gasteiger partial charge < -0.3 is 5.32 Å². The van der Waals surface area contributed by atoms with Crippen LogP contribution in [-0.4, -0.2) is 17.2 Å². The van der Waals surface area contributed by atoms with Crippen molar-refractivity contribution < 1.29 is 4.79 Å². The fraction of sp³-hybridized carbons (Fsp3) is 0.833. The lowest BCUT2D eigenvalue weighted by molar-refractivity contribution is -0.119. The molecular formula is C6H13NOS. The minimum atomic E-state index is -0.125. The average Bonchev–Trinajstić information content (AvgIpc) is 1.62. The highest BCUT2D eigenvalue weighted by molar-refractivity contribution is 7.81. The van der Waals surface area contributed by atoms with Crippen molar-refractivity contribution in [3.05, 3.63) is 0 Å². The van der Waals surface area contributed by atoms with Crippen LogP contribution in [0, 0.1) is 0 Å². The third-order valence-electron chi connectivity index (χ3n) is 0.658. The van der Waals surface area contributed by atoms with Crippen molar-refractivity contribution in [2.75, 3.05) is 5.75 Å². The molecule has 0 saturated heterocycles.